The van der Waals surface area contributed by atoms with E-state index in [2.05, 4.69) is 5.32 Å². The fourth-order valence-corrected chi connectivity index (χ4v) is 2.94. The number of carbonyl (C=O) groups excluding carboxylic acids is 1. The number of hydrogen-bond donors (Lipinski definition) is 3. The van der Waals surface area contributed by atoms with Crippen LogP contribution in [0.2, 0.25) is 10.0 Å². The molecule has 0 radical (unpaired) electrons. The molecule has 0 bridgehead atoms. The Labute approximate surface area is 167 Å². The second kappa shape index (κ2) is 8.81. The molecule has 0 saturated carbocycles. The maximum absolute atomic E-state index is 12.6. The third-order valence-electron chi connectivity index (χ3n) is 3.89. The molecule has 2 rings (SSSR count). The van der Waals surface area contributed by atoms with E-state index in [4.69, 9.17) is 23.2 Å². The number of halogens is 5. The summed E-state index contributed by atoms with van der Waals surface area (Å²) in [5.41, 5.74) is -0.770. The lowest BCUT2D eigenvalue weighted by molar-refractivity contribution is -0.143. The number of rotatable bonds is 6. The van der Waals surface area contributed by atoms with Gasteiger partial charge in [-0.2, -0.15) is 13.2 Å². The molecule has 0 saturated heterocycles. The van der Waals surface area contributed by atoms with E-state index in [1.165, 1.54) is 12.1 Å². The van der Waals surface area contributed by atoms with Crippen molar-refractivity contribution in [1.82, 2.24) is 5.32 Å². The van der Waals surface area contributed by atoms with Gasteiger partial charge in [0.05, 0.1) is 5.56 Å². The fraction of sp³-hybridized carbons (Fsp3) is 0.222. The SMILES string of the molecule is O=C(O)[C@@H](Cc1c(Cl)cccc1Cl)NC(=O)[C@H](O)c1ccc(C(F)(F)F)cc1. The molecule has 150 valence electrons. The van der Waals surface area contributed by atoms with Crippen LogP contribution in [0.5, 0.6) is 0 Å². The second-order valence-corrected chi connectivity index (χ2v) is 6.64. The van der Waals surface area contributed by atoms with Crippen LogP contribution in [0.3, 0.4) is 0 Å². The molecule has 0 aromatic heterocycles. The van der Waals surface area contributed by atoms with Crippen LogP contribution in [0, 0.1) is 0 Å². The van der Waals surface area contributed by atoms with Crippen LogP contribution in [0.4, 0.5) is 13.2 Å². The number of aliphatic hydroxyl groups is 1. The van der Waals surface area contributed by atoms with Crippen LogP contribution in [0.25, 0.3) is 0 Å². The zero-order valence-corrected chi connectivity index (χ0v) is 15.5. The van der Waals surface area contributed by atoms with Crippen LogP contribution in [0.15, 0.2) is 42.5 Å². The number of aliphatic hydroxyl groups excluding tert-OH is 1. The first kappa shape index (κ1) is 22.0. The van der Waals surface area contributed by atoms with Gasteiger partial charge in [0.25, 0.3) is 5.91 Å². The predicted octanol–water partition coefficient (Wildman–Crippen LogP) is 3.86. The van der Waals surface area contributed by atoms with Crippen molar-refractivity contribution in [1.29, 1.82) is 0 Å². The summed E-state index contributed by atoms with van der Waals surface area (Å²) in [6.45, 7) is 0. The van der Waals surface area contributed by atoms with Gasteiger partial charge in [-0.3, -0.25) is 4.79 Å². The third-order valence-corrected chi connectivity index (χ3v) is 4.59. The van der Waals surface area contributed by atoms with Gasteiger partial charge < -0.3 is 15.5 Å². The molecule has 3 N–H and O–H groups in total. The van der Waals surface area contributed by atoms with E-state index >= 15 is 0 Å². The Hall–Kier alpha value is -2.29. The molecule has 0 fully saturated rings. The number of alkyl halides is 3. The highest BCUT2D eigenvalue weighted by molar-refractivity contribution is 6.36. The van der Waals surface area contributed by atoms with Gasteiger partial charge in [0, 0.05) is 16.5 Å². The Kier molecular flexibility index (Phi) is 6.92. The van der Waals surface area contributed by atoms with Crippen LogP contribution >= 0.6 is 23.2 Å². The number of carboxylic acids is 1. The minimum Gasteiger partial charge on any atom is -0.480 e. The van der Waals surface area contributed by atoms with Gasteiger partial charge in [0.1, 0.15) is 6.04 Å². The molecule has 2 aromatic carbocycles. The minimum atomic E-state index is -4.56. The summed E-state index contributed by atoms with van der Waals surface area (Å²) < 4.78 is 37.8. The summed E-state index contributed by atoms with van der Waals surface area (Å²) in [7, 11) is 0. The number of carboxylic acid groups (broad SMARTS) is 1. The van der Waals surface area contributed by atoms with Crippen LogP contribution in [-0.4, -0.2) is 28.1 Å². The van der Waals surface area contributed by atoms with Crippen molar-refractivity contribution >= 4 is 35.1 Å². The summed E-state index contributed by atoms with van der Waals surface area (Å²) in [5.74, 6) is -2.49. The average Bonchev–Trinajstić information content (AvgIpc) is 2.62. The first-order valence-corrected chi connectivity index (χ1v) is 8.57. The highest BCUT2D eigenvalue weighted by atomic mass is 35.5. The number of nitrogens with one attached hydrogen (secondary N) is 1. The first-order chi connectivity index (χ1) is 13.0. The Morgan fingerprint density at radius 1 is 1.04 bits per heavy atom. The summed E-state index contributed by atoms with van der Waals surface area (Å²) in [5, 5.41) is 21.9. The van der Waals surface area contributed by atoms with E-state index in [0.29, 0.717) is 17.7 Å². The average molecular weight is 436 g/mol. The molecule has 28 heavy (non-hydrogen) atoms. The summed E-state index contributed by atoms with van der Waals surface area (Å²) in [6, 6.07) is 6.40. The molecular weight excluding hydrogens is 422 g/mol. The van der Waals surface area contributed by atoms with Crippen molar-refractivity contribution in [2.45, 2.75) is 24.7 Å². The molecule has 2 atom stereocenters. The molecule has 2 aromatic rings. The monoisotopic (exact) mass is 435 g/mol. The quantitative estimate of drug-likeness (QED) is 0.642. The molecule has 0 aliphatic carbocycles. The standard InChI is InChI=1S/C18H14Cl2F3NO4/c19-12-2-1-3-13(20)11(12)8-14(17(27)28)24-16(26)15(25)9-4-6-10(7-5-9)18(21,22)23/h1-7,14-15,25H,8H2,(H,24,26)(H,27,28)/t14-,15-/m1/s1. The molecule has 1 amide bonds. The predicted molar refractivity (Wildman–Crippen MR) is 96.1 cm³/mol. The topological polar surface area (TPSA) is 86.6 Å². The number of carbonyl (C=O) groups is 2. The number of hydrogen-bond acceptors (Lipinski definition) is 3. The Morgan fingerprint density at radius 3 is 2.04 bits per heavy atom. The van der Waals surface area contributed by atoms with E-state index in [-0.39, 0.29) is 22.0 Å². The molecule has 0 aliphatic rings. The zero-order chi connectivity index (χ0) is 21.1. The van der Waals surface area contributed by atoms with Gasteiger partial charge in [-0.1, -0.05) is 41.4 Å². The zero-order valence-electron chi connectivity index (χ0n) is 14.0. The maximum atomic E-state index is 12.6. The van der Waals surface area contributed by atoms with Crippen molar-refractivity contribution < 1.29 is 33.0 Å². The van der Waals surface area contributed by atoms with Crippen molar-refractivity contribution in [3.63, 3.8) is 0 Å². The number of benzene rings is 2. The van der Waals surface area contributed by atoms with Gasteiger partial charge in [-0.15, -0.1) is 0 Å². The van der Waals surface area contributed by atoms with Crippen molar-refractivity contribution in [3.05, 3.63) is 69.2 Å². The van der Waals surface area contributed by atoms with E-state index < -0.39 is 35.8 Å². The third kappa shape index (κ3) is 5.37. The normalized spacial score (nSPS) is 13.6. The lowest BCUT2D eigenvalue weighted by Gasteiger charge is -2.19. The molecule has 10 heteroatoms. The summed E-state index contributed by atoms with van der Waals surface area (Å²) >= 11 is 12.0. The van der Waals surface area contributed by atoms with Gasteiger partial charge in [0.2, 0.25) is 0 Å². The smallest absolute Gasteiger partial charge is 0.416 e. The van der Waals surface area contributed by atoms with E-state index in [0.717, 1.165) is 12.1 Å². The van der Waals surface area contributed by atoms with Crippen molar-refractivity contribution in [2.24, 2.45) is 0 Å². The first-order valence-electron chi connectivity index (χ1n) is 7.82. The molecule has 0 unspecified atom stereocenters. The fourth-order valence-electron chi connectivity index (χ4n) is 2.39. The van der Waals surface area contributed by atoms with Crippen LogP contribution < -0.4 is 5.32 Å². The number of aliphatic carboxylic acids is 1. The Morgan fingerprint density at radius 2 is 1.57 bits per heavy atom. The van der Waals surface area contributed by atoms with E-state index in [9.17, 15) is 33.0 Å². The van der Waals surface area contributed by atoms with Gasteiger partial charge in [-0.25, -0.2) is 4.79 Å². The van der Waals surface area contributed by atoms with Crippen molar-refractivity contribution in [2.75, 3.05) is 0 Å². The molecule has 0 spiro atoms. The van der Waals surface area contributed by atoms with E-state index in [1.54, 1.807) is 6.07 Å². The van der Waals surface area contributed by atoms with Crippen LogP contribution in [0.1, 0.15) is 22.8 Å². The summed E-state index contributed by atoms with van der Waals surface area (Å²) in [6.07, 6.45) is -6.67. The Bertz CT molecular complexity index is 852. The largest absolute Gasteiger partial charge is 0.480 e. The van der Waals surface area contributed by atoms with Gasteiger partial charge in [0.15, 0.2) is 6.10 Å². The molecule has 0 aliphatic heterocycles. The Balaban J connectivity index is 2.14. The molecule has 5 nitrogen and oxygen atoms in total. The highest BCUT2D eigenvalue weighted by Crippen LogP contribution is 2.30. The molecule has 0 heterocycles. The molecular formula is C18H14Cl2F3NO4. The number of amides is 1. The maximum Gasteiger partial charge on any atom is 0.416 e. The lowest BCUT2D eigenvalue weighted by atomic mass is 10.0. The minimum absolute atomic E-state index is 0.120. The van der Waals surface area contributed by atoms with Gasteiger partial charge >= 0.3 is 12.1 Å². The summed E-state index contributed by atoms with van der Waals surface area (Å²) in [4.78, 5) is 23.7. The lowest BCUT2D eigenvalue weighted by Crippen LogP contribution is -2.44. The van der Waals surface area contributed by atoms with Crippen molar-refractivity contribution in [3.8, 4) is 0 Å². The van der Waals surface area contributed by atoms with Crippen LogP contribution in [-0.2, 0) is 22.2 Å². The van der Waals surface area contributed by atoms with Gasteiger partial charge in [-0.05, 0) is 35.4 Å². The van der Waals surface area contributed by atoms with E-state index in [1.807, 2.05) is 0 Å². The highest BCUT2D eigenvalue weighted by Gasteiger charge is 2.31. The second-order valence-electron chi connectivity index (χ2n) is 5.83.